The van der Waals surface area contributed by atoms with E-state index in [1.807, 2.05) is 0 Å². The number of nitrogens with two attached hydrogens (primary N) is 1. The third-order valence-electron chi connectivity index (χ3n) is 7.57. The smallest absolute Gasteiger partial charge is 0.341 e. The van der Waals surface area contributed by atoms with Crippen molar-refractivity contribution in [2.45, 2.75) is 12.1 Å². The van der Waals surface area contributed by atoms with Gasteiger partial charge in [-0.3, -0.25) is 4.79 Å². The maximum Gasteiger partial charge on any atom is 0.341 e. The Hall–Kier alpha value is -4.65. The minimum absolute atomic E-state index is 0.0442. The van der Waals surface area contributed by atoms with Gasteiger partial charge in [0.1, 0.15) is 22.5 Å². The fourth-order valence-corrected chi connectivity index (χ4v) is 5.54. The lowest BCUT2D eigenvalue weighted by Gasteiger charge is -2.25. The number of aromatic nitrogens is 4. The summed E-state index contributed by atoms with van der Waals surface area (Å²) in [5.41, 5.74) is 5.05. The predicted molar refractivity (Wildman–Crippen MR) is 146 cm³/mol. The molecule has 1 unspecified atom stereocenters. The number of nitrogens with zero attached hydrogens (tertiary/aromatic N) is 4. The molecular formula is C27H24F3N7O3. The number of fused-ring (bicyclic) bond motifs is 4. The van der Waals surface area contributed by atoms with Crippen LogP contribution >= 0.6 is 0 Å². The van der Waals surface area contributed by atoms with Gasteiger partial charge in [-0.2, -0.15) is 0 Å². The number of hydrogen-bond acceptors (Lipinski definition) is 7. The van der Waals surface area contributed by atoms with Gasteiger partial charge in [-0.15, -0.1) is 0 Å². The van der Waals surface area contributed by atoms with E-state index in [4.69, 9.17) is 5.73 Å². The highest BCUT2D eigenvalue weighted by Crippen LogP contribution is 2.45. The third-order valence-corrected chi connectivity index (χ3v) is 7.57. The van der Waals surface area contributed by atoms with Gasteiger partial charge >= 0.3 is 5.97 Å². The number of aromatic carboxylic acids is 1. The van der Waals surface area contributed by atoms with Gasteiger partial charge in [0.05, 0.1) is 39.6 Å². The number of nitrogens with one attached hydrogen (secondary N) is 2. The fourth-order valence-electron chi connectivity index (χ4n) is 5.54. The summed E-state index contributed by atoms with van der Waals surface area (Å²) < 4.78 is 47.0. The minimum Gasteiger partial charge on any atom is -0.477 e. The van der Waals surface area contributed by atoms with Gasteiger partial charge in [-0.1, -0.05) is 0 Å². The highest BCUT2D eigenvalue weighted by atomic mass is 19.2. The Bertz CT molecular complexity index is 1940. The summed E-state index contributed by atoms with van der Waals surface area (Å²) in [6.07, 6.45) is 4.27. The van der Waals surface area contributed by atoms with Gasteiger partial charge in [0, 0.05) is 69.4 Å². The molecule has 0 radical (unpaired) electrons. The summed E-state index contributed by atoms with van der Waals surface area (Å²) >= 11 is 0. The zero-order valence-electron chi connectivity index (χ0n) is 21.5. The van der Waals surface area contributed by atoms with Crippen LogP contribution in [0.4, 0.5) is 24.5 Å². The molecule has 13 heteroatoms. The molecule has 206 valence electrons. The summed E-state index contributed by atoms with van der Waals surface area (Å²) in [4.78, 5) is 38.3. The Morgan fingerprint density at radius 3 is 2.70 bits per heavy atom. The van der Waals surface area contributed by atoms with Gasteiger partial charge in [0.15, 0.2) is 11.6 Å². The lowest BCUT2D eigenvalue weighted by atomic mass is 10.0. The van der Waals surface area contributed by atoms with E-state index in [0.29, 0.717) is 22.5 Å². The lowest BCUT2D eigenvalue weighted by Crippen LogP contribution is -2.36. The summed E-state index contributed by atoms with van der Waals surface area (Å²) in [6.45, 7) is -0.0995. The second kappa shape index (κ2) is 8.95. The summed E-state index contributed by atoms with van der Waals surface area (Å²) in [7, 11) is 3.14. The average molecular weight is 552 g/mol. The Balaban J connectivity index is 1.71. The first-order valence-electron chi connectivity index (χ1n) is 12.4. The number of aromatic amines is 1. The van der Waals surface area contributed by atoms with Crippen molar-refractivity contribution in [3.63, 3.8) is 0 Å². The summed E-state index contributed by atoms with van der Waals surface area (Å²) in [5, 5.41) is 12.6. The number of carbonyl (C=O) groups is 1. The van der Waals surface area contributed by atoms with Gasteiger partial charge in [0.2, 0.25) is 5.43 Å². The lowest BCUT2D eigenvalue weighted by molar-refractivity contribution is 0.0695. The van der Waals surface area contributed by atoms with Crippen LogP contribution in [0, 0.1) is 11.6 Å². The summed E-state index contributed by atoms with van der Waals surface area (Å²) in [6, 6.07) is 2.52. The van der Waals surface area contributed by atoms with Crippen LogP contribution < -0.4 is 21.4 Å². The number of halogens is 3. The van der Waals surface area contributed by atoms with Crippen LogP contribution in [0.15, 0.2) is 35.5 Å². The number of anilines is 2. The Morgan fingerprint density at radius 2 is 2.02 bits per heavy atom. The summed E-state index contributed by atoms with van der Waals surface area (Å²) in [5.74, 6) is -3.55. The molecule has 0 amide bonds. The molecule has 4 aromatic heterocycles. The molecule has 0 saturated carbocycles. The number of pyridine rings is 3. The molecule has 1 fully saturated rings. The average Bonchev–Trinajstić information content (AvgIpc) is 3.53. The van der Waals surface area contributed by atoms with Crippen LogP contribution in [0.1, 0.15) is 16.8 Å². The molecule has 1 atom stereocenters. The monoisotopic (exact) mass is 551 g/mol. The van der Waals surface area contributed by atoms with Crippen LogP contribution in [0.5, 0.6) is 0 Å². The minimum atomic E-state index is -1.70. The zero-order chi connectivity index (χ0) is 28.5. The molecule has 5 aromatic rings. The van der Waals surface area contributed by atoms with E-state index >= 15 is 8.78 Å². The largest absolute Gasteiger partial charge is 0.477 e. The van der Waals surface area contributed by atoms with Crippen molar-refractivity contribution >= 4 is 50.3 Å². The van der Waals surface area contributed by atoms with Crippen molar-refractivity contribution < 1.29 is 23.1 Å². The van der Waals surface area contributed by atoms with E-state index < -0.39 is 34.3 Å². The zero-order valence-corrected chi connectivity index (χ0v) is 21.5. The van der Waals surface area contributed by atoms with Crippen molar-refractivity contribution in [3.05, 3.63) is 58.1 Å². The van der Waals surface area contributed by atoms with Crippen molar-refractivity contribution in [1.82, 2.24) is 19.5 Å². The van der Waals surface area contributed by atoms with E-state index in [9.17, 15) is 19.1 Å². The number of carboxylic acids is 1. The molecule has 5 heterocycles. The van der Waals surface area contributed by atoms with E-state index in [2.05, 4.69) is 20.3 Å². The maximum absolute atomic E-state index is 15.4. The highest BCUT2D eigenvalue weighted by Gasteiger charge is 2.39. The van der Waals surface area contributed by atoms with E-state index in [-0.39, 0.29) is 59.0 Å². The highest BCUT2D eigenvalue weighted by molar-refractivity contribution is 6.18. The molecule has 40 heavy (non-hydrogen) atoms. The first kappa shape index (κ1) is 25.6. The molecule has 1 aromatic carbocycles. The molecule has 5 N–H and O–H groups in total. The Morgan fingerprint density at radius 1 is 1.25 bits per heavy atom. The standard InChI is InChI=1S/C27H24F3N7O3/c1-32-17-6-16(28)20(29)18-19-22(37-4-3-27(30,10-31)11-37)14(8-33-24(19)35-21(17)18)12-5-13-23(38)15(26(39)40)9-36(2)25(13)34-7-12/h5-9,32H,3-4,10-11,31H2,1-2H3,(H,33,35)(H,39,40). The second-order valence-electron chi connectivity index (χ2n) is 10.00. The second-order valence-corrected chi connectivity index (χ2v) is 10.00. The van der Waals surface area contributed by atoms with Gasteiger partial charge in [-0.05, 0) is 6.07 Å². The predicted octanol–water partition coefficient (Wildman–Crippen LogP) is 3.53. The normalized spacial score (nSPS) is 17.4. The van der Waals surface area contributed by atoms with E-state index in [0.717, 1.165) is 6.07 Å². The number of alkyl halides is 1. The van der Waals surface area contributed by atoms with Crippen LogP contribution in [-0.4, -0.2) is 62.9 Å². The number of rotatable bonds is 5. The number of carboxylic acid groups (broad SMARTS) is 1. The van der Waals surface area contributed by atoms with Crippen molar-refractivity contribution in [1.29, 1.82) is 0 Å². The fraction of sp³-hybridized carbons (Fsp3) is 0.259. The SMILES string of the molecule is CNc1cc(F)c(F)c2c1[nH]c1ncc(-c3cnc4c(c3)c(=O)c(C(=O)O)cn4C)c(N3CCC(F)(CN)C3)c12. The molecule has 0 spiro atoms. The van der Waals surface area contributed by atoms with Gasteiger partial charge in [0.25, 0.3) is 0 Å². The van der Waals surface area contributed by atoms with Gasteiger partial charge in [-0.25, -0.2) is 27.9 Å². The maximum atomic E-state index is 15.4. The van der Waals surface area contributed by atoms with Crippen LogP contribution in [0.25, 0.3) is 44.1 Å². The van der Waals surface area contributed by atoms with Gasteiger partial charge < -0.3 is 30.6 Å². The van der Waals surface area contributed by atoms with Crippen molar-refractivity contribution in [2.75, 3.05) is 36.9 Å². The van der Waals surface area contributed by atoms with E-state index in [1.54, 1.807) is 19.0 Å². The molecule has 0 aliphatic carbocycles. The molecule has 1 aliphatic heterocycles. The van der Waals surface area contributed by atoms with Crippen molar-refractivity contribution in [3.8, 4) is 11.1 Å². The number of H-pyrrole nitrogens is 1. The molecule has 1 aliphatic rings. The van der Waals surface area contributed by atoms with Crippen LogP contribution in [-0.2, 0) is 7.05 Å². The third kappa shape index (κ3) is 3.68. The Kier molecular flexibility index (Phi) is 5.73. The van der Waals surface area contributed by atoms with Crippen molar-refractivity contribution in [2.24, 2.45) is 12.8 Å². The quantitative estimate of drug-likeness (QED) is 0.260. The van der Waals surface area contributed by atoms with Crippen LogP contribution in [0.3, 0.4) is 0 Å². The first-order chi connectivity index (χ1) is 19.1. The molecule has 1 saturated heterocycles. The first-order valence-corrected chi connectivity index (χ1v) is 12.4. The van der Waals surface area contributed by atoms with E-state index in [1.165, 1.54) is 29.2 Å². The number of hydrogen-bond donors (Lipinski definition) is 4. The topological polar surface area (TPSA) is 142 Å². The molecular weight excluding hydrogens is 527 g/mol. The molecule has 0 bridgehead atoms. The Labute approximate surface area is 224 Å². The number of aryl methyl sites for hydroxylation is 1. The number of benzene rings is 1. The molecule has 10 nitrogen and oxygen atoms in total. The van der Waals surface area contributed by atoms with Crippen LogP contribution in [0.2, 0.25) is 0 Å². The molecule has 6 rings (SSSR count).